The topological polar surface area (TPSA) is 84.9 Å². The fourth-order valence-corrected chi connectivity index (χ4v) is 4.69. The molecule has 0 aromatic heterocycles. The SMILES string of the molecule is COc1ccc(S(=O)(=O)N2CCC(NC(=O)CCOc3ccccc3)CC2)cc1. The zero-order chi connectivity index (χ0) is 20.7. The predicted molar refractivity (Wildman–Crippen MR) is 109 cm³/mol. The maximum Gasteiger partial charge on any atom is 0.243 e. The fourth-order valence-electron chi connectivity index (χ4n) is 3.22. The highest BCUT2D eigenvalue weighted by atomic mass is 32.2. The van der Waals surface area contributed by atoms with Crippen LogP contribution < -0.4 is 14.8 Å². The summed E-state index contributed by atoms with van der Waals surface area (Å²) in [4.78, 5) is 12.4. The minimum absolute atomic E-state index is 0.0263. The molecule has 1 saturated heterocycles. The Bertz CT molecular complexity index is 892. The molecule has 1 amide bonds. The number of hydrogen-bond donors (Lipinski definition) is 1. The number of sulfonamides is 1. The summed E-state index contributed by atoms with van der Waals surface area (Å²) in [6, 6.07) is 15.7. The molecule has 1 heterocycles. The highest BCUT2D eigenvalue weighted by Gasteiger charge is 2.29. The summed E-state index contributed by atoms with van der Waals surface area (Å²) in [6.45, 7) is 1.06. The third-order valence-electron chi connectivity index (χ3n) is 4.86. The van der Waals surface area contributed by atoms with E-state index >= 15 is 0 Å². The first-order chi connectivity index (χ1) is 14.0. The first-order valence-corrected chi connectivity index (χ1v) is 11.0. The second-order valence-corrected chi connectivity index (χ2v) is 8.77. The molecule has 0 bridgehead atoms. The van der Waals surface area contributed by atoms with Crippen LogP contribution in [0.15, 0.2) is 59.5 Å². The van der Waals surface area contributed by atoms with E-state index in [-0.39, 0.29) is 23.3 Å². The number of nitrogens with zero attached hydrogens (tertiary/aromatic N) is 1. The first kappa shape index (κ1) is 21.1. The minimum Gasteiger partial charge on any atom is -0.497 e. The van der Waals surface area contributed by atoms with Crippen LogP contribution in [0, 0.1) is 0 Å². The molecule has 1 aliphatic rings. The Balaban J connectivity index is 1.44. The molecule has 29 heavy (non-hydrogen) atoms. The van der Waals surface area contributed by atoms with Crippen LogP contribution in [0.4, 0.5) is 0 Å². The summed E-state index contributed by atoms with van der Waals surface area (Å²) < 4.78 is 37.6. The molecule has 1 N–H and O–H groups in total. The molecule has 8 heteroatoms. The van der Waals surface area contributed by atoms with Gasteiger partial charge in [-0.15, -0.1) is 0 Å². The van der Waals surface area contributed by atoms with E-state index < -0.39 is 10.0 Å². The van der Waals surface area contributed by atoms with Gasteiger partial charge in [0.2, 0.25) is 15.9 Å². The monoisotopic (exact) mass is 418 g/mol. The van der Waals surface area contributed by atoms with Crippen LogP contribution in [0.1, 0.15) is 19.3 Å². The van der Waals surface area contributed by atoms with E-state index in [2.05, 4.69) is 5.32 Å². The molecule has 1 aliphatic heterocycles. The highest BCUT2D eigenvalue weighted by Crippen LogP contribution is 2.23. The molecule has 0 unspecified atom stereocenters. The number of para-hydroxylation sites is 1. The average molecular weight is 419 g/mol. The molecular formula is C21H26N2O5S. The maximum absolute atomic E-state index is 12.8. The zero-order valence-electron chi connectivity index (χ0n) is 16.4. The largest absolute Gasteiger partial charge is 0.497 e. The second-order valence-electron chi connectivity index (χ2n) is 6.83. The molecule has 7 nitrogen and oxygen atoms in total. The summed E-state index contributed by atoms with van der Waals surface area (Å²) in [5.74, 6) is 1.26. The summed E-state index contributed by atoms with van der Waals surface area (Å²) in [5, 5.41) is 2.98. The van der Waals surface area contributed by atoms with Crippen molar-refractivity contribution in [2.45, 2.75) is 30.2 Å². The molecule has 0 spiro atoms. The van der Waals surface area contributed by atoms with E-state index in [1.54, 1.807) is 24.3 Å². The molecule has 0 aliphatic carbocycles. The van der Waals surface area contributed by atoms with Gasteiger partial charge in [0, 0.05) is 19.1 Å². The van der Waals surface area contributed by atoms with Crippen LogP contribution in [0.3, 0.4) is 0 Å². The molecule has 0 atom stereocenters. The van der Waals surface area contributed by atoms with Crippen molar-refractivity contribution in [1.29, 1.82) is 0 Å². The van der Waals surface area contributed by atoms with Gasteiger partial charge in [-0.1, -0.05) is 18.2 Å². The van der Waals surface area contributed by atoms with Crippen LogP contribution in [0.25, 0.3) is 0 Å². The van der Waals surface area contributed by atoms with Gasteiger partial charge >= 0.3 is 0 Å². The van der Waals surface area contributed by atoms with E-state index in [0.717, 1.165) is 5.75 Å². The Morgan fingerprint density at radius 2 is 1.69 bits per heavy atom. The van der Waals surface area contributed by atoms with E-state index in [9.17, 15) is 13.2 Å². The van der Waals surface area contributed by atoms with Crippen molar-refractivity contribution in [3.8, 4) is 11.5 Å². The highest BCUT2D eigenvalue weighted by molar-refractivity contribution is 7.89. The van der Waals surface area contributed by atoms with Crippen LogP contribution in [-0.2, 0) is 14.8 Å². The van der Waals surface area contributed by atoms with E-state index in [0.29, 0.717) is 38.3 Å². The molecule has 156 valence electrons. The quantitative estimate of drug-likeness (QED) is 0.712. The number of amides is 1. The first-order valence-electron chi connectivity index (χ1n) is 9.60. The van der Waals surface area contributed by atoms with Gasteiger partial charge in [-0.2, -0.15) is 4.31 Å². The van der Waals surface area contributed by atoms with Crippen molar-refractivity contribution in [2.24, 2.45) is 0 Å². The average Bonchev–Trinajstić information content (AvgIpc) is 2.75. The third-order valence-corrected chi connectivity index (χ3v) is 6.77. The van der Waals surface area contributed by atoms with Crippen molar-refractivity contribution in [2.75, 3.05) is 26.8 Å². The Morgan fingerprint density at radius 3 is 2.31 bits per heavy atom. The summed E-state index contributed by atoms with van der Waals surface area (Å²) >= 11 is 0. The van der Waals surface area contributed by atoms with Crippen molar-refractivity contribution in [3.63, 3.8) is 0 Å². The third kappa shape index (κ3) is 5.71. The number of ether oxygens (including phenoxy) is 2. The van der Waals surface area contributed by atoms with Crippen molar-refractivity contribution in [3.05, 3.63) is 54.6 Å². The number of nitrogens with one attached hydrogen (secondary N) is 1. The van der Waals surface area contributed by atoms with E-state index in [4.69, 9.17) is 9.47 Å². The fraction of sp³-hybridized carbons (Fsp3) is 0.381. The Labute approximate surface area is 171 Å². The number of piperidine rings is 1. The van der Waals surface area contributed by atoms with Crippen LogP contribution >= 0.6 is 0 Å². The van der Waals surface area contributed by atoms with Gasteiger partial charge in [0.15, 0.2) is 0 Å². The number of rotatable bonds is 8. The summed E-state index contributed by atoms with van der Waals surface area (Å²) in [7, 11) is -2.00. The Morgan fingerprint density at radius 1 is 1.03 bits per heavy atom. The summed E-state index contributed by atoms with van der Waals surface area (Å²) in [6.07, 6.45) is 1.43. The van der Waals surface area contributed by atoms with E-state index in [1.807, 2.05) is 30.3 Å². The molecule has 1 fully saturated rings. The molecule has 0 radical (unpaired) electrons. The van der Waals surface area contributed by atoms with Crippen molar-refractivity contribution >= 4 is 15.9 Å². The normalized spacial score (nSPS) is 15.6. The van der Waals surface area contributed by atoms with Crippen LogP contribution in [-0.4, -0.2) is 51.5 Å². The lowest BCUT2D eigenvalue weighted by Crippen LogP contribution is -2.46. The minimum atomic E-state index is -3.54. The number of carbonyl (C=O) groups is 1. The summed E-state index contributed by atoms with van der Waals surface area (Å²) in [5.41, 5.74) is 0. The van der Waals surface area contributed by atoms with Crippen LogP contribution in [0.5, 0.6) is 11.5 Å². The zero-order valence-corrected chi connectivity index (χ0v) is 17.2. The second kappa shape index (κ2) is 9.76. The van der Waals surface area contributed by atoms with Gasteiger partial charge in [0.25, 0.3) is 0 Å². The molecule has 2 aromatic rings. The lowest BCUT2D eigenvalue weighted by molar-refractivity contribution is -0.122. The van der Waals surface area contributed by atoms with Crippen LogP contribution in [0.2, 0.25) is 0 Å². The standard InChI is InChI=1S/C21H26N2O5S/c1-27-18-7-9-20(10-8-18)29(25,26)23-14-11-17(12-15-23)22-21(24)13-16-28-19-5-3-2-4-6-19/h2-10,17H,11-16H2,1H3,(H,22,24). The number of hydrogen-bond acceptors (Lipinski definition) is 5. The van der Waals surface area contributed by atoms with Gasteiger partial charge in [-0.3, -0.25) is 4.79 Å². The lowest BCUT2D eigenvalue weighted by atomic mass is 10.1. The van der Waals surface area contributed by atoms with Gasteiger partial charge in [-0.05, 0) is 49.2 Å². The molecule has 2 aromatic carbocycles. The lowest BCUT2D eigenvalue weighted by Gasteiger charge is -2.31. The number of carbonyl (C=O) groups excluding carboxylic acids is 1. The molecule has 0 saturated carbocycles. The molecular weight excluding hydrogens is 392 g/mol. The van der Waals surface area contributed by atoms with Gasteiger partial charge < -0.3 is 14.8 Å². The van der Waals surface area contributed by atoms with E-state index in [1.165, 1.54) is 11.4 Å². The number of methoxy groups -OCH3 is 1. The van der Waals surface area contributed by atoms with Gasteiger partial charge in [0.05, 0.1) is 25.0 Å². The smallest absolute Gasteiger partial charge is 0.243 e. The molecule has 3 rings (SSSR count). The number of benzene rings is 2. The van der Waals surface area contributed by atoms with Crippen molar-refractivity contribution in [1.82, 2.24) is 9.62 Å². The van der Waals surface area contributed by atoms with Gasteiger partial charge in [-0.25, -0.2) is 8.42 Å². The maximum atomic E-state index is 12.8. The Kier molecular flexibility index (Phi) is 7.11. The Hall–Kier alpha value is -2.58. The predicted octanol–water partition coefficient (Wildman–Crippen LogP) is 2.43. The van der Waals surface area contributed by atoms with Gasteiger partial charge in [0.1, 0.15) is 11.5 Å². The van der Waals surface area contributed by atoms with Crippen molar-refractivity contribution < 1.29 is 22.7 Å².